The van der Waals surface area contributed by atoms with Crippen LogP contribution in [0.25, 0.3) is 0 Å². The van der Waals surface area contributed by atoms with Gasteiger partial charge in [-0.1, -0.05) is 6.58 Å². The molecule has 170 valence electrons. The van der Waals surface area contributed by atoms with Gasteiger partial charge in [0, 0.05) is 6.42 Å². The van der Waals surface area contributed by atoms with Gasteiger partial charge in [-0.25, -0.2) is 0 Å². The second-order valence-electron chi connectivity index (χ2n) is 8.24. The minimum atomic E-state index is -4.78. The van der Waals surface area contributed by atoms with Crippen LogP contribution in [0.4, 0.5) is 0 Å². The molecule has 0 amide bonds. The molecule has 0 aromatic heterocycles. The van der Waals surface area contributed by atoms with Crippen molar-refractivity contribution in [2.75, 3.05) is 6.61 Å². The Morgan fingerprint density at radius 3 is 2.48 bits per heavy atom. The average molecular weight is 436 g/mol. The highest BCUT2D eigenvalue weighted by Gasteiger charge is 2.44. The Hall–Kier alpha value is -0.510. The molecular weight excluding hydrogens is 401 g/mol. The summed E-state index contributed by atoms with van der Waals surface area (Å²) >= 11 is 0. The summed E-state index contributed by atoms with van der Waals surface area (Å²) < 4.78 is 45.8. The first-order chi connectivity index (χ1) is 13.4. The zero-order chi connectivity index (χ0) is 21.9. The van der Waals surface area contributed by atoms with Crippen LogP contribution in [-0.4, -0.2) is 61.5 Å². The molecule has 9 nitrogen and oxygen atoms in total. The molecule has 8 atom stereocenters. The number of phosphoric acid groups is 1. The summed E-state index contributed by atoms with van der Waals surface area (Å²) in [6.45, 7) is 15.1. The molecule has 2 aliphatic heterocycles. The molecule has 0 bridgehead atoms. The van der Waals surface area contributed by atoms with Gasteiger partial charge in [0.05, 0.1) is 43.2 Å². The lowest BCUT2D eigenvalue weighted by Gasteiger charge is -2.32. The summed E-state index contributed by atoms with van der Waals surface area (Å²) in [5, 5.41) is 0. The van der Waals surface area contributed by atoms with Crippen molar-refractivity contribution in [2.45, 2.75) is 103 Å². The van der Waals surface area contributed by atoms with Gasteiger partial charge < -0.3 is 38.6 Å². The van der Waals surface area contributed by atoms with Crippen LogP contribution in [0.3, 0.4) is 0 Å². The van der Waals surface area contributed by atoms with E-state index in [-0.39, 0.29) is 42.9 Å². The lowest BCUT2D eigenvalue weighted by atomic mass is 10.1. The predicted molar refractivity (Wildman–Crippen MR) is 105 cm³/mol. The minimum Gasteiger partial charge on any atom is -0.746 e. The van der Waals surface area contributed by atoms with E-state index in [1.807, 2.05) is 34.6 Å². The van der Waals surface area contributed by atoms with E-state index in [0.717, 1.165) is 0 Å². The van der Waals surface area contributed by atoms with Crippen LogP contribution < -0.4 is 10.6 Å². The normalized spacial score (nSPS) is 37.2. The van der Waals surface area contributed by atoms with Crippen molar-refractivity contribution in [2.24, 2.45) is 5.73 Å². The fraction of sp³-hybridized carbons (Fsp3) is 0.895. The summed E-state index contributed by atoms with van der Waals surface area (Å²) in [5.74, 6) is -0.0751. The number of hydrogen-bond donors (Lipinski definition) is 1. The first kappa shape index (κ1) is 24.8. The van der Waals surface area contributed by atoms with E-state index < -0.39 is 32.2 Å². The Labute approximate surface area is 173 Å². The highest BCUT2D eigenvalue weighted by molar-refractivity contribution is 7.46. The number of nitrogens with two attached hydrogens (primary N) is 1. The fourth-order valence-corrected chi connectivity index (χ4v) is 4.50. The van der Waals surface area contributed by atoms with Gasteiger partial charge in [0.1, 0.15) is 24.1 Å². The van der Waals surface area contributed by atoms with Gasteiger partial charge in [-0.2, -0.15) is 0 Å². The van der Waals surface area contributed by atoms with Crippen LogP contribution in [0.1, 0.15) is 48.0 Å². The van der Waals surface area contributed by atoms with Crippen LogP contribution in [0.5, 0.6) is 0 Å². The number of hydrogen-bond acceptors (Lipinski definition) is 9. The van der Waals surface area contributed by atoms with Gasteiger partial charge in [-0.3, -0.25) is 4.57 Å². The maximum absolute atomic E-state index is 12.6. The smallest absolute Gasteiger partial charge is 0.319 e. The SMILES string of the molecule is C=C(OP(=O)([O-])OC1C(COC(C)C)OC(C)C1N)C1OC(C)CC1OC(C)C. The van der Waals surface area contributed by atoms with E-state index in [2.05, 4.69) is 6.58 Å². The Morgan fingerprint density at radius 2 is 1.90 bits per heavy atom. The third-order valence-corrected chi connectivity index (χ3v) is 5.76. The van der Waals surface area contributed by atoms with E-state index in [1.165, 1.54) is 0 Å². The van der Waals surface area contributed by atoms with Crippen molar-refractivity contribution in [1.29, 1.82) is 0 Å². The second-order valence-corrected chi connectivity index (χ2v) is 9.53. The molecule has 29 heavy (non-hydrogen) atoms. The van der Waals surface area contributed by atoms with Crippen LogP contribution in [0.2, 0.25) is 0 Å². The topological polar surface area (TPSA) is 122 Å². The van der Waals surface area contributed by atoms with Crippen LogP contribution in [0.15, 0.2) is 12.3 Å². The molecule has 0 aliphatic carbocycles. The van der Waals surface area contributed by atoms with Gasteiger partial charge in [0.15, 0.2) is 0 Å². The van der Waals surface area contributed by atoms with Crippen molar-refractivity contribution >= 4 is 7.82 Å². The van der Waals surface area contributed by atoms with Gasteiger partial charge in [-0.15, -0.1) is 0 Å². The molecule has 2 fully saturated rings. The average Bonchev–Trinajstić information content (AvgIpc) is 3.06. The maximum atomic E-state index is 12.6. The summed E-state index contributed by atoms with van der Waals surface area (Å²) in [7, 11) is -4.78. The molecule has 0 radical (unpaired) electrons. The van der Waals surface area contributed by atoms with Crippen molar-refractivity contribution in [3.8, 4) is 0 Å². The van der Waals surface area contributed by atoms with E-state index in [1.54, 1.807) is 6.92 Å². The third kappa shape index (κ3) is 7.01. The summed E-state index contributed by atoms with van der Waals surface area (Å²) in [6, 6.07) is -0.644. The first-order valence-corrected chi connectivity index (χ1v) is 11.6. The molecule has 2 rings (SSSR count). The van der Waals surface area contributed by atoms with Crippen molar-refractivity contribution in [1.82, 2.24) is 0 Å². The van der Waals surface area contributed by atoms with Crippen LogP contribution in [-0.2, 0) is 32.6 Å². The zero-order valence-electron chi connectivity index (χ0n) is 18.1. The highest BCUT2D eigenvalue weighted by atomic mass is 31.2. The summed E-state index contributed by atoms with van der Waals surface area (Å²) in [4.78, 5) is 12.6. The molecular formula is C19H35NO8P-. The lowest BCUT2D eigenvalue weighted by molar-refractivity contribution is -0.230. The van der Waals surface area contributed by atoms with Crippen molar-refractivity contribution in [3.05, 3.63) is 12.3 Å². The molecule has 2 heterocycles. The Balaban J connectivity index is 2.01. The largest absolute Gasteiger partial charge is 0.746 e. The summed E-state index contributed by atoms with van der Waals surface area (Å²) in [6.07, 6.45) is -2.56. The van der Waals surface area contributed by atoms with E-state index >= 15 is 0 Å². The maximum Gasteiger partial charge on any atom is 0.319 e. The number of ether oxygens (including phenoxy) is 4. The fourth-order valence-electron chi connectivity index (χ4n) is 3.49. The Morgan fingerprint density at radius 1 is 1.24 bits per heavy atom. The Kier molecular flexibility index (Phi) is 8.71. The van der Waals surface area contributed by atoms with Gasteiger partial charge in [0.25, 0.3) is 0 Å². The zero-order valence-corrected chi connectivity index (χ0v) is 19.0. The van der Waals surface area contributed by atoms with Gasteiger partial charge in [0.2, 0.25) is 0 Å². The molecule has 2 N–H and O–H groups in total. The number of rotatable bonds is 10. The van der Waals surface area contributed by atoms with Gasteiger partial charge >= 0.3 is 7.82 Å². The lowest BCUT2D eigenvalue weighted by Crippen LogP contribution is -2.43. The molecule has 2 aliphatic rings. The molecule has 0 spiro atoms. The van der Waals surface area contributed by atoms with Crippen molar-refractivity contribution in [3.63, 3.8) is 0 Å². The van der Waals surface area contributed by atoms with Crippen LogP contribution >= 0.6 is 7.82 Å². The predicted octanol–water partition coefficient (Wildman–Crippen LogP) is 1.88. The third-order valence-electron chi connectivity index (χ3n) is 4.80. The standard InChI is InChI=1S/C19H36NO8P/c1-10(2)23-9-16-19(17(20)13(6)26-16)28-29(21,22)27-14(7)18-15(24-11(3)4)8-12(5)25-18/h10-13,15-19H,7-9,20H2,1-6H3,(H,21,22)/p-1. The quantitative estimate of drug-likeness (QED) is 0.404. The molecule has 0 aromatic carbocycles. The van der Waals surface area contributed by atoms with E-state index in [4.69, 9.17) is 33.7 Å². The first-order valence-electron chi connectivity index (χ1n) is 10.1. The number of phosphoric ester groups is 1. The summed E-state index contributed by atoms with van der Waals surface area (Å²) in [5.41, 5.74) is 6.09. The highest BCUT2D eigenvalue weighted by Crippen LogP contribution is 2.46. The molecule has 0 aromatic rings. The van der Waals surface area contributed by atoms with Crippen LogP contribution in [0, 0.1) is 0 Å². The monoisotopic (exact) mass is 436 g/mol. The molecule has 8 unspecified atom stereocenters. The second kappa shape index (κ2) is 10.2. The molecule has 2 saturated heterocycles. The Bertz CT molecular complexity index is 601. The minimum absolute atomic E-state index is 0.0409. The van der Waals surface area contributed by atoms with Crippen molar-refractivity contribution < 1.29 is 37.5 Å². The molecule has 10 heteroatoms. The van der Waals surface area contributed by atoms with E-state index in [9.17, 15) is 9.46 Å². The van der Waals surface area contributed by atoms with E-state index in [0.29, 0.717) is 6.42 Å². The van der Waals surface area contributed by atoms with Gasteiger partial charge in [-0.05, 0) is 41.5 Å². The molecule has 0 saturated carbocycles.